The SMILES string of the molecule is COCCN(Cc1ccc(OS(=O)(=O)c2cccc(C(F)(F)F)c2)cc1)C(=O)CCC1CCCC1. The lowest BCUT2D eigenvalue weighted by molar-refractivity contribution is -0.137. The topological polar surface area (TPSA) is 72.9 Å². The second kappa shape index (κ2) is 11.9. The molecule has 2 aromatic carbocycles. The van der Waals surface area contributed by atoms with Crippen molar-refractivity contribution in [1.82, 2.24) is 4.90 Å². The maximum Gasteiger partial charge on any atom is 0.416 e. The Labute approximate surface area is 204 Å². The molecular weight excluding hydrogens is 483 g/mol. The van der Waals surface area contributed by atoms with E-state index in [0.717, 1.165) is 30.2 Å². The van der Waals surface area contributed by atoms with Gasteiger partial charge in [-0.2, -0.15) is 21.6 Å². The zero-order chi connectivity index (χ0) is 25.5. The van der Waals surface area contributed by atoms with Gasteiger partial charge in [-0.3, -0.25) is 4.79 Å². The minimum atomic E-state index is -4.67. The Kier molecular flexibility index (Phi) is 9.18. The number of carbonyl (C=O) groups is 1. The number of nitrogens with zero attached hydrogens (tertiary/aromatic N) is 1. The molecule has 6 nitrogen and oxygen atoms in total. The van der Waals surface area contributed by atoms with Crippen molar-refractivity contribution in [2.45, 2.75) is 56.1 Å². The zero-order valence-electron chi connectivity index (χ0n) is 19.6. The molecule has 0 aliphatic heterocycles. The molecule has 10 heteroatoms. The Morgan fingerprint density at radius 2 is 1.77 bits per heavy atom. The summed E-state index contributed by atoms with van der Waals surface area (Å²) in [6.45, 7) is 1.15. The highest BCUT2D eigenvalue weighted by Gasteiger charge is 2.32. The Balaban J connectivity index is 1.64. The van der Waals surface area contributed by atoms with Crippen molar-refractivity contribution in [3.05, 3.63) is 59.7 Å². The third-order valence-electron chi connectivity index (χ3n) is 6.11. The maximum absolute atomic E-state index is 12.9. The molecule has 0 N–H and O–H groups in total. The van der Waals surface area contributed by atoms with E-state index < -0.39 is 26.8 Å². The fourth-order valence-corrected chi connectivity index (χ4v) is 5.13. The zero-order valence-corrected chi connectivity index (χ0v) is 20.4. The largest absolute Gasteiger partial charge is 0.416 e. The van der Waals surface area contributed by atoms with Crippen molar-refractivity contribution in [3.63, 3.8) is 0 Å². The number of benzene rings is 2. The monoisotopic (exact) mass is 513 g/mol. The van der Waals surface area contributed by atoms with Crippen LogP contribution in [0.5, 0.6) is 5.75 Å². The Bertz CT molecular complexity index is 1080. The lowest BCUT2D eigenvalue weighted by Crippen LogP contribution is -2.33. The summed E-state index contributed by atoms with van der Waals surface area (Å²) in [5, 5.41) is 0. The molecule has 0 aromatic heterocycles. The Hall–Kier alpha value is -2.59. The molecule has 1 aliphatic carbocycles. The average molecular weight is 514 g/mol. The second-order valence-electron chi connectivity index (χ2n) is 8.70. The van der Waals surface area contributed by atoms with Crippen molar-refractivity contribution < 1.29 is 35.3 Å². The van der Waals surface area contributed by atoms with Crippen LogP contribution in [0, 0.1) is 5.92 Å². The van der Waals surface area contributed by atoms with Gasteiger partial charge in [0.1, 0.15) is 10.6 Å². The van der Waals surface area contributed by atoms with E-state index in [1.165, 1.54) is 37.8 Å². The van der Waals surface area contributed by atoms with E-state index in [1.807, 2.05) is 0 Å². The van der Waals surface area contributed by atoms with Crippen LogP contribution >= 0.6 is 0 Å². The highest BCUT2D eigenvalue weighted by atomic mass is 32.2. The molecule has 0 saturated heterocycles. The summed E-state index contributed by atoms with van der Waals surface area (Å²) in [5.41, 5.74) is -0.314. The van der Waals surface area contributed by atoms with E-state index in [0.29, 0.717) is 38.1 Å². The van der Waals surface area contributed by atoms with Gasteiger partial charge in [-0.1, -0.05) is 43.9 Å². The first kappa shape index (κ1) is 27.0. The fraction of sp³-hybridized carbons (Fsp3) is 0.480. The number of carbonyl (C=O) groups excluding carboxylic acids is 1. The Morgan fingerprint density at radius 3 is 2.40 bits per heavy atom. The number of halogens is 3. The maximum atomic E-state index is 12.9. The van der Waals surface area contributed by atoms with E-state index in [-0.39, 0.29) is 11.7 Å². The van der Waals surface area contributed by atoms with E-state index >= 15 is 0 Å². The van der Waals surface area contributed by atoms with Gasteiger partial charge in [0.25, 0.3) is 0 Å². The number of alkyl halides is 3. The fourth-order valence-electron chi connectivity index (χ4n) is 4.15. The first-order valence-corrected chi connectivity index (χ1v) is 13.0. The molecule has 0 spiro atoms. The molecule has 3 rings (SSSR count). The normalized spacial score (nSPS) is 14.7. The molecule has 35 heavy (non-hydrogen) atoms. The Morgan fingerprint density at radius 1 is 1.09 bits per heavy atom. The molecule has 1 saturated carbocycles. The minimum Gasteiger partial charge on any atom is -0.383 e. The third kappa shape index (κ3) is 7.96. The van der Waals surface area contributed by atoms with Crippen LogP contribution in [0.2, 0.25) is 0 Å². The number of methoxy groups -OCH3 is 1. The van der Waals surface area contributed by atoms with Gasteiger partial charge < -0.3 is 13.8 Å². The number of hydrogen-bond donors (Lipinski definition) is 0. The molecule has 0 unspecified atom stereocenters. The molecule has 0 atom stereocenters. The van der Waals surface area contributed by atoms with Crippen molar-refractivity contribution in [3.8, 4) is 5.75 Å². The van der Waals surface area contributed by atoms with Crippen LogP contribution < -0.4 is 4.18 Å². The smallest absolute Gasteiger partial charge is 0.383 e. The molecule has 0 bridgehead atoms. The molecular formula is C25H30F3NO5S. The number of hydrogen-bond acceptors (Lipinski definition) is 5. The molecule has 0 heterocycles. The molecule has 1 amide bonds. The van der Waals surface area contributed by atoms with Gasteiger partial charge in [-0.25, -0.2) is 0 Å². The second-order valence-corrected chi connectivity index (χ2v) is 10.3. The van der Waals surface area contributed by atoms with Crippen LogP contribution in [-0.4, -0.2) is 39.5 Å². The van der Waals surface area contributed by atoms with Crippen LogP contribution in [0.3, 0.4) is 0 Å². The molecule has 1 aliphatic rings. The first-order valence-electron chi connectivity index (χ1n) is 11.6. The molecule has 1 fully saturated rings. The van der Waals surface area contributed by atoms with Crippen molar-refractivity contribution in [1.29, 1.82) is 0 Å². The predicted molar refractivity (Wildman–Crippen MR) is 124 cm³/mol. The van der Waals surface area contributed by atoms with Crippen molar-refractivity contribution in [2.75, 3.05) is 20.3 Å². The van der Waals surface area contributed by atoms with Gasteiger partial charge in [-0.15, -0.1) is 0 Å². The number of ether oxygens (including phenoxy) is 1. The standard InChI is InChI=1S/C25H30F3NO5S/c1-33-16-15-29(24(30)14-11-19-5-2-3-6-19)18-20-9-12-22(13-10-20)34-35(31,32)23-8-4-7-21(17-23)25(26,27)28/h4,7-10,12-13,17,19H,2-3,5-6,11,14-16,18H2,1H3. The van der Waals surface area contributed by atoms with Crippen LogP contribution in [-0.2, 0) is 32.4 Å². The average Bonchev–Trinajstić information content (AvgIpc) is 3.34. The van der Waals surface area contributed by atoms with Crippen molar-refractivity contribution in [2.24, 2.45) is 5.92 Å². The van der Waals surface area contributed by atoms with Crippen LogP contribution in [0.4, 0.5) is 13.2 Å². The summed E-state index contributed by atoms with van der Waals surface area (Å²) in [5.74, 6) is 0.613. The lowest BCUT2D eigenvalue weighted by atomic mass is 10.0. The van der Waals surface area contributed by atoms with E-state index in [1.54, 1.807) is 24.1 Å². The minimum absolute atomic E-state index is 0.0397. The van der Waals surface area contributed by atoms with Crippen LogP contribution in [0.15, 0.2) is 53.4 Å². The van der Waals surface area contributed by atoms with Gasteiger partial charge in [0.15, 0.2) is 0 Å². The molecule has 2 aromatic rings. The summed E-state index contributed by atoms with van der Waals surface area (Å²) in [6.07, 6.45) is 1.49. The van der Waals surface area contributed by atoms with Gasteiger partial charge in [-0.05, 0) is 48.2 Å². The van der Waals surface area contributed by atoms with Gasteiger partial charge in [0.05, 0.1) is 12.2 Å². The van der Waals surface area contributed by atoms with Gasteiger partial charge >= 0.3 is 16.3 Å². The molecule has 0 radical (unpaired) electrons. The van der Waals surface area contributed by atoms with Crippen molar-refractivity contribution >= 4 is 16.0 Å². The highest BCUT2D eigenvalue weighted by Crippen LogP contribution is 2.31. The summed E-state index contributed by atoms with van der Waals surface area (Å²) >= 11 is 0. The summed E-state index contributed by atoms with van der Waals surface area (Å²) < 4.78 is 73.9. The predicted octanol–water partition coefficient (Wildman–Crippen LogP) is 5.42. The van der Waals surface area contributed by atoms with E-state index in [2.05, 4.69) is 0 Å². The quantitative estimate of drug-likeness (QED) is 0.375. The van der Waals surface area contributed by atoms with Gasteiger partial charge in [0, 0.05) is 26.6 Å². The third-order valence-corrected chi connectivity index (χ3v) is 7.36. The summed E-state index contributed by atoms with van der Waals surface area (Å²) in [7, 11) is -2.89. The summed E-state index contributed by atoms with van der Waals surface area (Å²) in [4.78, 5) is 13.9. The number of amides is 1. The van der Waals surface area contributed by atoms with E-state index in [9.17, 15) is 26.4 Å². The first-order chi connectivity index (χ1) is 16.6. The van der Waals surface area contributed by atoms with Crippen LogP contribution in [0.1, 0.15) is 49.7 Å². The number of rotatable bonds is 11. The highest BCUT2D eigenvalue weighted by molar-refractivity contribution is 7.87. The summed E-state index contributed by atoms with van der Waals surface area (Å²) in [6, 6.07) is 9.47. The lowest BCUT2D eigenvalue weighted by Gasteiger charge is -2.23. The van der Waals surface area contributed by atoms with E-state index in [4.69, 9.17) is 8.92 Å². The van der Waals surface area contributed by atoms with Gasteiger partial charge in [0.2, 0.25) is 5.91 Å². The van der Waals surface area contributed by atoms with Crippen LogP contribution in [0.25, 0.3) is 0 Å². The molecule has 192 valence electrons.